The topological polar surface area (TPSA) is 64.5 Å². The smallest absolute Gasteiger partial charge is 0.410 e. The molecule has 0 aliphatic carbocycles. The summed E-state index contributed by atoms with van der Waals surface area (Å²) in [6.45, 7) is 20.0. The van der Waals surface area contributed by atoms with Gasteiger partial charge in [0.1, 0.15) is 18.0 Å². The molecule has 0 N–H and O–H groups in total. The molecule has 0 atom stereocenters. The van der Waals surface area contributed by atoms with Crippen LogP contribution in [0, 0.1) is 13.8 Å². The Balaban J connectivity index is 1.76. The number of aromatic nitrogens is 2. The van der Waals surface area contributed by atoms with Crippen molar-refractivity contribution in [3.8, 4) is 17.1 Å². The highest BCUT2D eigenvalue weighted by Crippen LogP contribution is 2.33. The number of carbonyl (C=O) groups is 1. The molecule has 1 aliphatic rings. The van der Waals surface area contributed by atoms with Gasteiger partial charge in [-0.1, -0.05) is 64.1 Å². The fourth-order valence-electron chi connectivity index (χ4n) is 5.33. The molecule has 0 saturated carbocycles. The third-order valence-corrected chi connectivity index (χ3v) is 7.85. The molecule has 2 aromatic carbocycles. The van der Waals surface area contributed by atoms with Crippen molar-refractivity contribution in [3.05, 3.63) is 81.7 Å². The van der Waals surface area contributed by atoms with Crippen molar-refractivity contribution in [2.45, 2.75) is 99.7 Å². The Bertz CT molecular complexity index is 1440. The van der Waals surface area contributed by atoms with Crippen LogP contribution < -0.4 is 4.74 Å². The van der Waals surface area contributed by atoms with Crippen molar-refractivity contribution in [2.24, 2.45) is 0 Å². The van der Waals surface area contributed by atoms with E-state index in [1.54, 1.807) is 4.90 Å². The van der Waals surface area contributed by atoms with E-state index in [0.29, 0.717) is 32.0 Å². The predicted octanol–water partition coefficient (Wildman–Crippen LogP) is 8.61. The average Bonchev–Trinajstić information content (AvgIpc) is 2.95. The molecule has 224 valence electrons. The van der Waals surface area contributed by atoms with E-state index in [0.717, 1.165) is 58.1 Å². The lowest BCUT2D eigenvalue weighted by Crippen LogP contribution is -2.39. The molecule has 1 aromatic heterocycles. The molecule has 0 spiro atoms. The van der Waals surface area contributed by atoms with Crippen LogP contribution in [0.5, 0.6) is 5.75 Å². The van der Waals surface area contributed by atoms with Crippen molar-refractivity contribution in [3.63, 3.8) is 0 Å². The van der Waals surface area contributed by atoms with Gasteiger partial charge in [0.25, 0.3) is 0 Å². The van der Waals surface area contributed by atoms with E-state index in [2.05, 4.69) is 84.0 Å². The quantitative estimate of drug-likeness (QED) is 0.272. The lowest BCUT2D eigenvalue weighted by Gasteiger charge is -2.30. The molecule has 42 heavy (non-hydrogen) atoms. The van der Waals surface area contributed by atoms with Gasteiger partial charge in [-0.05, 0) is 93.7 Å². The van der Waals surface area contributed by atoms with E-state index in [1.807, 2.05) is 20.8 Å². The van der Waals surface area contributed by atoms with E-state index < -0.39 is 5.60 Å². The zero-order valence-corrected chi connectivity index (χ0v) is 26.9. The van der Waals surface area contributed by atoms with E-state index in [9.17, 15) is 4.79 Å². The standard InChI is InChI=1S/C36H47N3O3/c1-10-26-13-12-14-27(11-2)32(26)34-37-25(6)30(22-41-31-21-29(23(3)4)16-15-24(31)5)33(38-34)28-17-19-39(20-18-28)35(40)42-36(7,8)9/h12-17,21,23H,10-11,18-20,22H2,1-9H3. The van der Waals surface area contributed by atoms with Gasteiger partial charge in [0.05, 0.1) is 5.69 Å². The Morgan fingerprint density at radius 1 is 1.02 bits per heavy atom. The molecule has 0 unspecified atom stereocenters. The molecule has 3 aromatic rings. The second-order valence-electron chi connectivity index (χ2n) is 12.5. The number of ether oxygens (including phenoxy) is 2. The van der Waals surface area contributed by atoms with Crippen molar-refractivity contribution >= 4 is 11.7 Å². The summed E-state index contributed by atoms with van der Waals surface area (Å²) in [5, 5.41) is 0. The highest BCUT2D eigenvalue weighted by atomic mass is 16.6. The molecule has 1 amide bonds. The van der Waals surface area contributed by atoms with Crippen molar-refractivity contribution in [1.29, 1.82) is 0 Å². The minimum atomic E-state index is -0.529. The van der Waals surface area contributed by atoms with Crippen LogP contribution in [0.15, 0.2) is 42.5 Å². The Morgan fingerprint density at radius 2 is 1.71 bits per heavy atom. The maximum Gasteiger partial charge on any atom is 0.410 e. The minimum absolute atomic E-state index is 0.286. The Kier molecular flexibility index (Phi) is 9.75. The summed E-state index contributed by atoms with van der Waals surface area (Å²) in [5.41, 5.74) is 9.37. The number of nitrogens with zero attached hydrogens (tertiary/aromatic N) is 3. The third kappa shape index (κ3) is 7.21. The first-order valence-electron chi connectivity index (χ1n) is 15.3. The first kappa shape index (κ1) is 31.3. The summed E-state index contributed by atoms with van der Waals surface area (Å²) >= 11 is 0. The lowest BCUT2D eigenvalue weighted by atomic mass is 9.95. The summed E-state index contributed by atoms with van der Waals surface area (Å²) in [7, 11) is 0. The summed E-state index contributed by atoms with van der Waals surface area (Å²) in [4.78, 5) is 24.8. The second kappa shape index (κ2) is 13.1. The van der Waals surface area contributed by atoms with Gasteiger partial charge < -0.3 is 14.4 Å². The largest absolute Gasteiger partial charge is 0.488 e. The number of amides is 1. The van der Waals surface area contributed by atoms with Gasteiger partial charge in [-0.3, -0.25) is 0 Å². The maximum atomic E-state index is 12.8. The highest BCUT2D eigenvalue weighted by Gasteiger charge is 2.26. The van der Waals surface area contributed by atoms with Gasteiger partial charge in [-0.2, -0.15) is 0 Å². The van der Waals surface area contributed by atoms with Gasteiger partial charge in [0, 0.05) is 29.9 Å². The molecule has 6 nitrogen and oxygen atoms in total. The molecule has 6 heteroatoms. The zero-order chi connectivity index (χ0) is 30.6. The van der Waals surface area contributed by atoms with Crippen LogP contribution in [0.25, 0.3) is 17.0 Å². The number of benzene rings is 2. The van der Waals surface area contributed by atoms with Crippen LogP contribution >= 0.6 is 0 Å². The predicted molar refractivity (Wildman–Crippen MR) is 171 cm³/mol. The SMILES string of the molecule is CCc1cccc(CC)c1-c1nc(C)c(COc2cc(C(C)C)ccc2C)c(C2=CCN(C(=O)OC(C)(C)C)CC2)n1. The van der Waals surface area contributed by atoms with Crippen molar-refractivity contribution in [1.82, 2.24) is 14.9 Å². The molecular weight excluding hydrogens is 522 g/mol. The van der Waals surface area contributed by atoms with E-state index >= 15 is 0 Å². The molecule has 1 aliphatic heterocycles. The summed E-state index contributed by atoms with van der Waals surface area (Å²) in [5.74, 6) is 2.06. The Hall–Kier alpha value is -3.67. The van der Waals surface area contributed by atoms with E-state index in [-0.39, 0.29) is 6.09 Å². The van der Waals surface area contributed by atoms with Gasteiger partial charge in [-0.15, -0.1) is 0 Å². The van der Waals surface area contributed by atoms with Gasteiger partial charge in [0.15, 0.2) is 5.82 Å². The first-order chi connectivity index (χ1) is 19.9. The van der Waals surface area contributed by atoms with Crippen LogP contribution in [0.2, 0.25) is 0 Å². The van der Waals surface area contributed by atoms with Crippen LogP contribution in [0.1, 0.15) is 100 Å². The van der Waals surface area contributed by atoms with Crippen molar-refractivity contribution < 1.29 is 14.3 Å². The second-order valence-corrected chi connectivity index (χ2v) is 12.5. The first-order valence-corrected chi connectivity index (χ1v) is 15.3. The number of carbonyl (C=O) groups excluding carboxylic acids is 1. The maximum absolute atomic E-state index is 12.8. The zero-order valence-electron chi connectivity index (χ0n) is 26.9. The van der Waals surface area contributed by atoms with Gasteiger partial charge >= 0.3 is 6.09 Å². The van der Waals surface area contributed by atoms with Crippen LogP contribution in [-0.2, 0) is 24.2 Å². The molecular formula is C36H47N3O3. The van der Waals surface area contributed by atoms with Gasteiger partial charge in [0.2, 0.25) is 0 Å². The fourth-order valence-corrected chi connectivity index (χ4v) is 5.33. The molecule has 0 bridgehead atoms. The van der Waals surface area contributed by atoms with Crippen molar-refractivity contribution in [2.75, 3.05) is 13.1 Å². The number of hydrogen-bond acceptors (Lipinski definition) is 5. The number of rotatable bonds is 8. The molecule has 0 radical (unpaired) electrons. The van der Waals surface area contributed by atoms with Crippen LogP contribution in [-0.4, -0.2) is 39.7 Å². The fraction of sp³-hybridized carbons (Fsp3) is 0.472. The van der Waals surface area contributed by atoms with E-state index in [4.69, 9.17) is 19.4 Å². The minimum Gasteiger partial charge on any atom is -0.488 e. The highest BCUT2D eigenvalue weighted by molar-refractivity contribution is 5.74. The molecule has 0 saturated heterocycles. The molecule has 4 rings (SSSR count). The Morgan fingerprint density at radius 3 is 2.29 bits per heavy atom. The van der Waals surface area contributed by atoms with Gasteiger partial charge in [-0.25, -0.2) is 14.8 Å². The normalized spacial score (nSPS) is 13.8. The van der Waals surface area contributed by atoms with Crippen LogP contribution in [0.3, 0.4) is 0 Å². The summed E-state index contributed by atoms with van der Waals surface area (Å²) in [6, 6.07) is 12.9. The number of aryl methyl sites for hydroxylation is 4. The molecule has 2 heterocycles. The average molecular weight is 570 g/mol. The Labute approximate surface area is 252 Å². The summed E-state index contributed by atoms with van der Waals surface area (Å²) < 4.78 is 12.1. The van der Waals surface area contributed by atoms with E-state index in [1.165, 1.54) is 16.7 Å². The lowest BCUT2D eigenvalue weighted by molar-refractivity contribution is 0.0270. The summed E-state index contributed by atoms with van der Waals surface area (Å²) in [6.07, 6.45) is 4.32. The monoisotopic (exact) mass is 569 g/mol. The molecule has 0 fully saturated rings. The number of hydrogen-bond donors (Lipinski definition) is 0. The van der Waals surface area contributed by atoms with Crippen LogP contribution in [0.4, 0.5) is 4.79 Å². The third-order valence-electron chi connectivity index (χ3n) is 7.85.